The number of hydrogen-bond acceptors (Lipinski definition) is 7. The van der Waals surface area contributed by atoms with Crippen molar-refractivity contribution in [3.63, 3.8) is 0 Å². The fraction of sp³-hybridized carbons (Fsp3) is 0.375. The van der Waals surface area contributed by atoms with Crippen LogP contribution < -0.4 is 20.3 Å². The van der Waals surface area contributed by atoms with E-state index in [1.54, 1.807) is 24.3 Å². The number of alkyl halides is 3. The Hall–Kier alpha value is -4.14. The highest BCUT2D eigenvalue weighted by Gasteiger charge is 2.38. The Labute approximate surface area is 205 Å². The van der Waals surface area contributed by atoms with Gasteiger partial charge >= 0.3 is 6.18 Å². The molecule has 12 heteroatoms. The van der Waals surface area contributed by atoms with E-state index in [4.69, 9.17) is 10.00 Å². The van der Waals surface area contributed by atoms with Crippen LogP contribution in [0.1, 0.15) is 36.2 Å². The molecule has 0 aliphatic carbocycles. The lowest BCUT2D eigenvalue weighted by Crippen LogP contribution is -2.44. The van der Waals surface area contributed by atoms with Crippen LogP contribution >= 0.6 is 0 Å². The summed E-state index contributed by atoms with van der Waals surface area (Å²) in [6, 6.07) is 9.59. The van der Waals surface area contributed by atoms with Gasteiger partial charge in [0.2, 0.25) is 23.5 Å². The zero-order valence-corrected chi connectivity index (χ0v) is 19.1. The Kier molecular flexibility index (Phi) is 7.38. The van der Waals surface area contributed by atoms with E-state index in [1.807, 2.05) is 6.07 Å². The number of nitrogens with one attached hydrogen (secondary N) is 2. The number of halogens is 3. The van der Waals surface area contributed by atoms with Gasteiger partial charge in [0.1, 0.15) is 17.6 Å². The Morgan fingerprint density at radius 3 is 2.75 bits per heavy atom. The van der Waals surface area contributed by atoms with Crippen LogP contribution in [0.25, 0.3) is 0 Å². The van der Waals surface area contributed by atoms with Gasteiger partial charge in [-0.3, -0.25) is 9.59 Å². The smallest absolute Gasteiger partial charge is 0.443 e. The summed E-state index contributed by atoms with van der Waals surface area (Å²) in [5, 5.41) is 14.3. The largest absolute Gasteiger partial charge is 0.451 e. The highest BCUT2D eigenvalue weighted by Crippen LogP contribution is 2.33. The van der Waals surface area contributed by atoms with Crippen molar-refractivity contribution in [2.75, 3.05) is 24.5 Å². The van der Waals surface area contributed by atoms with Gasteiger partial charge in [-0.1, -0.05) is 12.1 Å². The van der Waals surface area contributed by atoms with Gasteiger partial charge in [-0.25, -0.2) is 4.98 Å². The van der Waals surface area contributed by atoms with E-state index >= 15 is 0 Å². The maximum absolute atomic E-state index is 13.5. The van der Waals surface area contributed by atoms with Crippen molar-refractivity contribution in [1.29, 1.82) is 5.26 Å². The van der Waals surface area contributed by atoms with Crippen LogP contribution in [0.4, 0.5) is 19.0 Å². The normalized spacial score (nSPS) is 17.7. The standard InChI is InChI=1S/C24H23F3N6O3/c25-24(26,27)23-31-19(13-21(32-23)36-17-8-10-29-20(34)12-17)33-11-1-2-18(33)22(35)30-9-7-15-3-5-16(14-28)6-4-15/h3-6,12-13,18H,1-2,7-11H2,(H,29,34)(H,30,35). The minimum absolute atomic E-state index is 0.0714. The lowest BCUT2D eigenvalue weighted by molar-refractivity contribution is -0.145. The number of carbonyl (C=O) groups is 2. The number of anilines is 1. The van der Waals surface area contributed by atoms with Crippen molar-refractivity contribution in [3.05, 3.63) is 59.1 Å². The molecule has 4 rings (SSSR count). The lowest BCUT2D eigenvalue weighted by atomic mass is 10.1. The summed E-state index contributed by atoms with van der Waals surface area (Å²) >= 11 is 0. The third-order valence-electron chi connectivity index (χ3n) is 5.79. The van der Waals surface area contributed by atoms with Gasteiger partial charge in [-0.15, -0.1) is 0 Å². The number of aromatic nitrogens is 2. The Balaban J connectivity index is 1.48. The maximum atomic E-state index is 13.5. The van der Waals surface area contributed by atoms with Gasteiger partial charge in [0.05, 0.1) is 11.6 Å². The summed E-state index contributed by atoms with van der Waals surface area (Å²) in [4.78, 5) is 33.1. The molecule has 1 unspecified atom stereocenters. The second-order valence-electron chi connectivity index (χ2n) is 8.34. The highest BCUT2D eigenvalue weighted by atomic mass is 19.4. The number of rotatable bonds is 7. The molecule has 0 saturated carbocycles. The molecular formula is C24H23F3N6O3. The third kappa shape index (κ3) is 6.10. The molecule has 2 amide bonds. The molecule has 2 aromatic rings. The van der Waals surface area contributed by atoms with E-state index in [1.165, 1.54) is 17.0 Å². The van der Waals surface area contributed by atoms with Crippen LogP contribution in [0, 0.1) is 11.3 Å². The van der Waals surface area contributed by atoms with Crippen LogP contribution in [0.2, 0.25) is 0 Å². The van der Waals surface area contributed by atoms with E-state index in [-0.39, 0.29) is 23.4 Å². The summed E-state index contributed by atoms with van der Waals surface area (Å²) in [6.45, 7) is 0.968. The van der Waals surface area contributed by atoms with E-state index in [0.29, 0.717) is 50.9 Å². The first-order valence-electron chi connectivity index (χ1n) is 11.4. The van der Waals surface area contributed by atoms with Crippen molar-refractivity contribution < 1.29 is 27.5 Å². The number of ether oxygens (including phenoxy) is 1. The average molecular weight is 500 g/mol. The molecule has 9 nitrogen and oxygen atoms in total. The van der Waals surface area contributed by atoms with E-state index < -0.39 is 23.9 Å². The first kappa shape index (κ1) is 25.0. The van der Waals surface area contributed by atoms with Crippen LogP contribution in [0.15, 0.2) is 42.2 Å². The van der Waals surface area contributed by atoms with Crippen LogP contribution in [0.3, 0.4) is 0 Å². The molecule has 1 aromatic carbocycles. The minimum atomic E-state index is -4.83. The lowest BCUT2D eigenvalue weighted by Gasteiger charge is -2.26. The molecule has 2 aliphatic heterocycles. The number of carbonyl (C=O) groups excluding carboxylic acids is 2. The fourth-order valence-electron chi connectivity index (χ4n) is 4.04. The van der Waals surface area contributed by atoms with E-state index in [0.717, 1.165) is 5.56 Å². The predicted molar refractivity (Wildman–Crippen MR) is 122 cm³/mol. The zero-order valence-electron chi connectivity index (χ0n) is 19.1. The molecule has 36 heavy (non-hydrogen) atoms. The second-order valence-corrected chi connectivity index (χ2v) is 8.34. The van der Waals surface area contributed by atoms with Crippen LogP contribution in [-0.2, 0) is 22.2 Å². The molecule has 1 saturated heterocycles. The summed E-state index contributed by atoms with van der Waals surface area (Å²) in [5.41, 5.74) is 1.48. The molecule has 1 atom stereocenters. The van der Waals surface area contributed by atoms with Gasteiger partial charge in [-0.2, -0.15) is 23.4 Å². The number of benzene rings is 1. The van der Waals surface area contributed by atoms with Crippen molar-refractivity contribution in [2.45, 2.75) is 37.9 Å². The summed E-state index contributed by atoms with van der Waals surface area (Å²) in [7, 11) is 0. The van der Waals surface area contributed by atoms with Crippen LogP contribution in [-0.4, -0.2) is 47.5 Å². The van der Waals surface area contributed by atoms with Gasteiger partial charge < -0.3 is 20.3 Å². The third-order valence-corrected chi connectivity index (χ3v) is 5.79. The molecule has 188 valence electrons. The molecule has 0 bridgehead atoms. The van der Waals surface area contributed by atoms with Gasteiger partial charge in [0.25, 0.3) is 0 Å². The molecule has 3 heterocycles. The molecule has 0 radical (unpaired) electrons. The topological polar surface area (TPSA) is 120 Å². The van der Waals surface area contributed by atoms with Gasteiger partial charge in [0.15, 0.2) is 0 Å². The van der Waals surface area contributed by atoms with Crippen molar-refractivity contribution in [2.24, 2.45) is 0 Å². The predicted octanol–water partition coefficient (Wildman–Crippen LogP) is 2.48. The van der Waals surface area contributed by atoms with Crippen LogP contribution in [0.5, 0.6) is 5.88 Å². The van der Waals surface area contributed by atoms with Gasteiger partial charge in [0, 0.05) is 38.2 Å². The minimum Gasteiger partial charge on any atom is -0.443 e. The Bertz CT molecular complexity index is 1210. The van der Waals surface area contributed by atoms with E-state index in [2.05, 4.69) is 20.6 Å². The van der Waals surface area contributed by atoms with Crippen molar-refractivity contribution >= 4 is 17.6 Å². The number of amides is 2. The van der Waals surface area contributed by atoms with Crippen molar-refractivity contribution in [1.82, 2.24) is 20.6 Å². The summed E-state index contributed by atoms with van der Waals surface area (Å²) in [5.74, 6) is -2.34. The quantitative estimate of drug-likeness (QED) is 0.599. The van der Waals surface area contributed by atoms with E-state index in [9.17, 15) is 22.8 Å². The molecule has 0 spiro atoms. The number of nitrogens with zero attached hydrogens (tertiary/aromatic N) is 4. The SMILES string of the molecule is N#Cc1ccc(CCNC(=O)C2CCCN2c2cc(OC3=CC(=O)NCC3)nc(C(F)(F)F)n2)cc1. The Morgan fingerprint density at radius 2 is 2.06 bits per heavy atom. The summed E-state index contributed by atoms with van der Waals surface area (Å²) in [6.07, 6.45) is -1.77. The first-order chi connectivity index (χ1) is 17.2. The Morgan fingerprint density at radius 1 is 1.28 bits per heavy atom. The zero-order chi connectivity index (χ0) is 25.7. The second kappa shape index (κ2) is 10.6. The first-order valence-corrected chi connectivity index (χ1v) is 11.4. The molecular weight excluding hydrogens is 477 g/mol. The molecule has 1 aromatic heterocycles. The number of hydrogen-bond donors (Lipinski definition) is 2. The van der Waals surface area contributed by atoms with Crippen molar-refractivity contribution in [3.8, 4) is 11.9 Å². The molecule has 1 fully saturated rings. The molecule has 2 aliphatic rings. The monoisotopic (exact) mass is 500 g/mol. The van der Waals surface area contributed by atoms with Gasteiger partial charge in [-0.05, 0) is 37.0 Å². The average Bonchev–Trinajstić information content (AvgIpc) is 3.34. The molecule has 2 N–H and O–H groups in total. The summed E-state index contributed by atoms with van der Waals surface area (Å²) < 4.78 is 46.1. The number of nitriles is 1. The fourth-order valence-corrected chi connectivity index (χ4v) is 4.04. The maximum Gasteiger partial charge on any atom is 0.451 e. The highest BCUT2D eigenvalue weighted by molar-refractivity contribution is 5.88.